The summed E-state index contributed by atoms with van der Waals surface area (Å²) < 4.78 is 5.09. The molecule has 0 bridgehead atoms. The largest absolute Gasteiger partial charge is 0.469 e. The zero-order valence-electron chi connectivity index (χ0n) is 5.70. The molecule has 54 valence electrons. The van der Waals surface area contributed by atoms with Crippen molar-refractivity contribution in [2.45, 2.75) is 12.8 Å². The molecule has 0 aliphatic rings. The molecule has 10 heavy (non-hydrogen) atoms. The normalized spacial score (nSPS) is 12.9. The van der Waals surface area contributed by atoms with Gasteiger partial charge in [0.2, 0.25) is 0 Å². The molecule has 0 aliphatic carbocycles. The molecule has 0 aliphatic heterocycles. The zero-order valence-corrected chi connectivity index (χ0v) is 6.52. The van der Waals surface area contributed by atoms with E-state index in [0.29, 0.717) is 4.99 Å². The molecule has 1 rings (SSSR count). The zero-order chi connectivity index (χ0) is 7.56. The van der Waals surface area contributed by atoms with Crippen molar-refractivity contribution in [2.24, 2.45) is 5.73 Å². The van der Waals surface area contributed by atoms with Crippen LogP contribution in [0, 0.1) is 0 Å². The lowest BCUT2D eigenvalue weighted by atomic mass is 10.1. The Morgan fingerprint density at radius 3 is 2.90 bits per heavy atom. The molecule has 0 saturated heterocycles. The number of furan rings is 1. The van der Waals surface area contributed by atoms with E-state index >= 15 is 0 Å². The van der Waals surface area contributed by atoms with Crippen molar-refractivity contribution in [3.05, 3.63) is 24.2 Å². The third kappa shape index (κ3) is 1.36. The van der Waals surface area contributed by atoms with E-state index in [1.165, 1.54) is 0 Å². The van der Waals surface area contributed by atoms with Crippen LogP contribution in [0.3, 0.4) is 0 Å². The molecule has 0 radical (unpaired) electrons. The third-order valence-corrected chi connectivity index (χ3v) is 1.75. The van der Waals surface area contributed by atoms with Crippen LogP contribution in [0.5, 0.6) is 0 Å². The third-order valence-electron chi connectivity index (χ3n) is 1.40. The van der Waals surface area contributed by atoms with Gasteiger partial charge in [-0.05, 0) is 19.1 Å². The highest BCUT2D eigenvalue weighted by atomic mass is 32.1. The maximum Gasteiger partial charge on any atom is 0.113 e. The molecule has 3 heteroatoms. The summed E-state index contributed by atoms with van der Waals surface area (Å²) in [5, 5.41) is 0. The Morgan fingerprint density at radius 1 is 1.80 bits per heavy atom. The van der Waals surface area contributed by atoms with Gasteiger partial charge in [-0.2, -0.15) is 0 Å². The van der Waals surface area contributed by atoms with Crippen LogP contribution in [-0.4, -0.2) is 4.99 Å². The maximum atomic E-state index is 5.40. The second-order valence-corrected chi connectivity index (χ2v) is 2.61. The molecule has 0 amide bonds. The lowest BCUT2D eigenvalue weighted by Gasteiger charge is -2.03. The molecule has 2 N–H and O–H groups in total. The van der Waals surface area contributed by atoms with Gasteiger partial charge in [0.15, 0.2) is 0 Å². The first-order valence-electron chi connectivity index (χ1n) is 3.04. The molecule has 0 spiro atoms. The van der Waals surface area contributed by atoms with Gasteiger partial charge in [-0.3, -0.25) is 0 Å². The summed E-state index contributed by atoms with van der Waals surface area (Å²) in [5.74, 6) is 0.873. The minimum absolute atomic E-state index is 0.0463. The van der Waals surface area contributed by atoms with Crippen molar-refractivity contribution in [3.8, 4) is 0 Å². The Morgan fingerprint density at radius 2 is 2.50 bits per heavy atom. The van der Waals surface area contributed by atoms with E-state index in [1.807, 2.05) is 19.1 Å². The van der Waals surface area contributed by atoms with Crippen LogP contribution in [0.15, 0.2) is 22.8 Å². The molecule has 1 atom stereocenters. The Hall–Kier alpha value is -0.830. The monoisotopic (exact) mass is 155 g/mol. The molecule has 1 unspecified atom stereocenters. The Labute approximate surface area is 65.0 Å². The maximum absolute atomic E-state index is 5.40. The molecule has 1 heterocycles. The minimum atomic E-state index is 0.0463. The summed E-state index contributed by atoms with van der Waals surface area (Å²) in [6.07, 6.45) is 1.62. The van der Waals surface area contributed by atoms with Gasteiger partial charge >= 0.3 is 0 Å². The summed E-state index contributed by atoms with van der Waals surface area (Å²) >= 11 is 4.78. The van der Waals surface area contributed by atoms with Crippen LogP contribution in [0.25, 0.3) is 0 Å². The smallest absolute Gasteiger partial charge is 0.113 e. The summed E-state index contributed by atoms with van der Waals surface area (Å²) in [5.41, 5.74) is 5.40. The first-order valence-corrected chi connectivity index (χ1v) is 3.45. The van der Waals surface area contributed by atoms with Crippen LogP contribution >= 0.6 is 12.2 Å². The lowest BCUT2D eigenvalue weighted by Crippen LogP contribution is -2.15. The topological polar surface area (TPSA) is 39.2 Å². The van der Waals surface area contributed by atoms with Crippen LogP contribution in [0.4, 0.5) is 0 Å². The molecule has 1 aromatic heterocycles. The summed E-state index contributed by atoms with van der Waals surface area (Å²) in [6.45, 7) is 1.92. The molecule has 1 aromatic rings. The van der Waals surface area contributed by atoms with Crippen molar-refractivity contribution in [3.63, 3.8) is 0 Å². The minimum Gasteiger partial charge on any atom is -0.469 e. The van der Waals surface area contributed by atoms with Crippen LogP contribution in [0.2, 0.25) is 0 Å². The van der Waals surface area contributed by atoms with Crippen LogP contribution in [0.1, 0.15) is 18.6 Å². The summed E-state index contributed by atoms with van der Waals surface area (Å²) in [7, 11) is 0. The fourth-order valence-electron chi connectivity index (χ4n) is 0.678. The van der Waals surface area contributed by atoms with E-state index in [0.717, 1.165) is 5.76 Å². The second kappa shape index (κ2) is 2.84. The average Bonchev–Trinajstić information content (AvgIpc) is 2.36. The molecule has 0 aromatic carbocycles. The number of thiocarbonyl (C=S) groups is 1. The lowest BCUT2D eigenvalue weighted by molar-refractivity contribution is 0.506. The summed E-state index contributed by atoms with van der Waals surface area (Å²) in [6, 6.07) is 3.69. The van der Waals surface area contributed by atoms with E-state index < -0.39 is 0 Å². The van der Waals surface area contributed by atoms with Crippen molar-refractivity contribution in [2.75, 3.05) is 0 Å². The molecular weight excluding hydrogens is 146 g/mol. The number of hydrogen-bond acceptors (Lipinski definition) is 2. The van der Waals surface area contributed by atoms with Gasteiger partial charge < -0.3 is 10.2 Å². The quantitative estimate of drug-likeness (QED) is 0.660. The van der Waals surface area contributed by atoms with Crippen molar-refractivity contribution in [1.82, 2.24) is 0 Å². The SMILES string of the molecule is CC(C(N)=S)c1ccco1. The predicted molar refractivity (Wildman–Crippen MR) is 43.9 cm³/mol. The van der Waals surface area contributed by atoms with E-state index in [9.17, 15) is 0 Å². The van der Waals surface area contributed by atoms with Crippen molar-refractivity contribution < 1.29 is 4.42 Å². The highest BCUT2D eigenvalue weighted by molar-refractivity contribution is 7.80. The standard InChI is InChI=1S/C7H9NOS/c1-5(7(8)10)6-3-2-4-9-6/h2-5H,1H3,(H2,8,10). The predicted octanol–water partition coefficient (Wildman–Crippen LogP) is 1.67. The van der Waals surface area contributed by atoms with Crippen molar-refractivity contribution >= 4 is 17.2 Å². The van der Waals surface area contributed by atoms with E-state index in [2.05, 4.69) is 0 Å². The Kier molecular flexibility index (Phi) is 2.06. The number of hydrogen-bond donors (Lipinski definition) is 1. The Bertz CT molecular complexity index is 218. The first kappa shape index (κ1) is 7.28. The highest BCUT2D eigenvalue weighted by Crippen LogP contribution is 2.14. The average molecular weight is 155 g/mol. The summed E-state index contributed by atoms with van der Waals surface area (Å²) in [4.78, 5) is 0.468. The van der Waals surface area contributed by atoms with E-state index in [4.69, 9.17) is 22.4 Å². The van der Waals surface area contributed by atoms with Crippen LogP contribution in [-0.2, 0) is 0 Å². The molecule has 2 nitrogen and oxygen atoms in total. The molecular formula is C7H9NOS. The fourth-order valence-corrected chi connectivity index (χ4v) is 0.794. The van der Waals surface area contributed by atoms with Gasteiger partial charge in [0.25, 0.3) is 0 Å². The number of rotatable bonds is 2. The van der Waals surface area contributed by atoms with E-state index in [1.54, 1.807) is 6.26 Å². The number of nitrogens with two attached hydrogens (primary N) is 1. The van der Waals surface area contributed by atoms with Gasteiger partial charge in [0.1, 0.15) is 5.76 Å². The Balaban J connectivity index is 2.77. The van der Waals surface area contributed by atoms with Crippen molar-refractivity contribution in [1.29, 1.82) is 0 Å². The highest BCUT2D eigenvalue weighted by Gasteiger charge is 2.09. The molecule has 0 saturated carbocycles. The van der Waals surface area contributed by atoms with Gasteiger partial charge in [-0.1, -0.05) is 12.2 Å². The molecule has 0 fully saturated rings. The van der Waals surface area contributed by atoms with Gasteiger partial charge in [-0.15, -0.1) is 0 Å². The van der Waals surface area contributed by atoms with Gasteiger partial charge in [-0.25, -0.2) is 0 Å². The first-order chi connectivity index (χ1) is 4.72. The second-order valence-electron chi connectivity index (χ2n) is 2.14. The van der Waals surface area contributed by atoms with Gasteiger partial charge in [0, 0.05) is 0 Å². The fraction of sp³-hybridized carbons (Fsp3) is 0.286. The van der Waals surface area contributed by atoms with E-state index in [-0.39, 0.29) is 5.92 Å². The van der Waals surface area contributed by atoms with Gasteiger partial charge in [0.05, 0.1) is 17.2 Å². The van der Waals surface area contributed by atoms with Crippen LogP contribution < -0.4 is 5.73 Å².